The molecule has 2 saturated heterocycles. The molecule has 2 aliphatic rings. The summed E-state index contributed by atoms with van der Waals surface area (Å²) in [7, 11) is 0. The standard InChI is InChI=1S/C5H6N2O3/c8-3-5(1-10-2-5)7-4(9)6-3/h1-2H2,(H2,6,7,8,9). The van der Waals surface area contributed by atoms with Crippen molar-refractivity contribution < 1.29 is 14.3 Å². The molecule has 10 heavy (non-hydrogen) atoms. The van der Waals surface area contributed by atoms with Crippen LogP contribution in [0.1, 0.15) is 0 Å². The Morgan fingerprint density at radius 1 is 1.40 bits per heavy atom. The van der Waals surface area contributed by atoms with Crippen molar-refractivity contribution in [3.63, 3.8) is 0 Å². The molecule has 2 fully saturated rings. The van der Waals surface area contributed by atoms with Gasteiger partial charge in [-0.15, -0.1) is 0 Å². The highest BCUT2D eigenvalue weighted by atomic mass is 16.5. The lowest BCUT2D eigenvalue weighted by Crippen LogP contribution is -2.62. The number of rotatable bonds is 0. The summed E-state index contributed by atoms with van der Waals surface area (Å²) in [6, 6.07) is -0.423. The van der Waals surface area contributed by atoms with E-state index in [1.807, 2.05) is 0 Å². The van der Waals surface area contributed by atoms with Crippen LogP contribution in [0.15, 0.2) is 0 Å². The summed E-state index contributed by atoms with van der Waals surface area (Å²) in [6.07, 6.45) is 0. The molecule has 54 valence electrons. The first-order chi connectivity index (χ1) is 4.73. The second kappa shape index (κ2) is 1.49. The van der Waals surface area contributed by atoms with Crippen LogP contribution in [0.3, 0.4) is 0 Å². The van der Waals surface area contributed by atoms with Crippen molar-refractivity contribution in [3.8, 4) is 0 Å². The summed E-state index contributed by atoms with van der Waals surface area (Å²) in [6.45, 7) is 0.592. The Hall–Kier alpha value is -1.10. The van der Waals surface area contributed by atoms with Crippen LogP contribution < -0.4 is 10.6 Å². The van der Waals surface area contributed by atoms with E-state index in [-0.39, 0.29) is 5.91 Å². The van der Waals surface area contributed by atoms with Crippen LogP contribution in [-0.2, 0) is 9.53 Å². The van der Waals surface area contributed by atoms with Crippen LogP contribution in [0, 0.1) is 0 Å². The monoisotopic (exact) mass is 142 g/mol. The van der Waals surface area contributed by atoms with Gasteiger partial charge in [-0.3, -0.25) is 10.1 Å². The third kappa shape index (κ3) is 0.501. The van der Waals surface area contributed by atoms with E-state index in [1.165, 1.54) is 0 Å². The minimum atomic E-state index is -0.725. The molecular formula is C5H6N2O3. The van der Waals surface area contributed by atoms with Crippen molar-refractivity contribution in [3.05, 3.63) is 0 Å². The molecule has 5 nitrogen and oxygen atoms in total. The summed E-state index contributed by atoms with van der Waals surface area (Å²) in [4.78, 5) is 21.5. The Balaban J connectivity index is 2.23. The fourth-order valence-corrected chi connectivity index (χ4v) is 1.04. The molecular weight excluding hydrogens is 136 g/mol. The molecule has 5 heteroatoms. The van der Waals surface area contributed by atoms with E-state index in [1.54, 1.807) is 0 Å². The number of carbonyl (C=O) groups is 2. The van der Waals surface area contributed by atoms with Gasteiger partial charge in [0.15, 0.2) is 5.54 Å². The van der Waals surface area contributed by atoms with Crippen molar-refractivity contribution in [2.75, 3.05) is 13.2 Å². The predicted molar refractivity (Wildman–Crippen MR) is 30.2 cm³/mol. The molecule has 3 amide bonds. The summed E-state index contributed by atoms with van der Waals surface area (Å²) < 4.78 is 4.80. The van der Waals surface area contributed by atoms with Crippen LogP contribution in [-0.4, -0.2) is 30.7 Å². The highest BCUT2D eigenvalue weighted by molar-refractivity contribution is 6.07. The molecule has 0 aromatic rings. The van der Waals surface area contributed by atoms with Gasteiger partial charge < -0.3 is 10.1 Å². The first kappa shape index (κ1) is 5.67. The van der Waals surface area contributed by atoms with Crippen LogP contribution in [0.4, 0.5) is 4.79 Å². The van der Waals surface area contributed by atoms with Crippen molar-refractivity contribution >= 4 is 11.9 Å². The van der Waals surface area contributed by atoms with Crippen LogP contribution >= 0.6 is 0 Å². The zero-order chi connectivity index (χ0) is 7.19. The van der Waals surface area contributed by atoms with Gasteiger partial charge in [0.05, 0.1) is 13.2 Å². The first-order valence-corrected chi connectivity index (χ1v) is 2.94. The maximum Gasteiger partial charge on any atom is 0.322 e. The average Bonchev–Trinajstić information content (AvgIpc) is 2.04. The van der Waals surface area contributed by atoms with Crippen LogP contribution in [0.25, 0.3) is 0 Å². The van der Waals surface area contributed by atoms with Gasteiger partial charge >= 0.3 is 6.03 Å². The quantitative estimate of drug-likeness (QED) is 0.408. The van der Waals surface area contributed by atoms with E-state index in [4.69, 9.17) is 4.74 Å². The van der Waals surface area contributed by atoms with Crippen LogP contribution in [0.5, 0.6) is 0 Å². The molecule has 0 atom stereocenters. The lowest BCUT2D eigenvalue weighted by atomic mass is 9.99. The molecule has 2 heterocycles. The van der Waals surface area contributed by atoms with Gasteiger partial charge in [-0.25, -0.2) is 4.79 Å². The van der Waals surface area contributed by atoms with Gasteiger partial charge in [0.25, 0.3) is 5.91 Å². The lowest BCUT2D eigenvalue weighted by Gasteiger charge is -2.34. The number of carbonyl (C=O) groups excluding carboxylic acids is 2. The number of nitrogens with one attached hydrogen (secondary N) is 2. The van der Waals surface area contributed by atoms with E-state index in [0.717, 1.165) is 0 Å². The number of amides is 3. The zero-order valence-corrected chi connectivity index (χ0v) is 5.14. The Morgan fingerprint density at radius 3 is 2.30 bits per heavy atom. The number of hydrogen-bond acceptors (Lipinski definition) is 3. The number of hydrogen-bond donors (Lipinski definition) is 2. The van der Waals surface area contributed by atoms with Crippen LogP contribution in [0.2, 0.25) is 0 Å². The maximum atomic E-state index is 10.9. The molecule has 0 radical (unpaired) electrons. The van der Waals surface area contributed by atoms with E-state index in [0.29, 0.717) is 13.2 Å². The van der Waals surface area contributed by atoms with Crippen molar-refractivity contribution in [2.24, 2.45) is 0 Å². The third-order valence-corrected chi connectivity index (χ3v) is 1.71. The molecule has 0 aromatic carbocycles. The van der Waals surface area contributed by atoms with Gasteiger partial charge in [-0.05, 0) is 0 Å². The zero-order valence-electron chi connectivity index (χ0n) is 5.14. The molecule has 2 rings (SSSR count). The highest BCUT2D eigenvalue weighted by Gasteiger charge is 2.52. The molecule has 2 aliphatic heterocycles. The largest absolute Gasteiger partial charge is 0.375 e. The normalized spacial score (nSPS) is 27.6. The van der Waals surface area contributed by atoms with Gasteiger partial charge in [-0.2, -0.15) is 0 Å². The van der Waals surface area contributed by atoms with E-state index >= 15 is 0 Å². The lowest BCUT2D eigenvalue weighted by molar-refractivity contribution is -0.141. The maximum absolute atomic E-state index is 10.9. The van der Waals surface area contributed by atoms with Crippen molar-refractivity contribution in [1.29, 1.82) is 0 Å². The third-order valence-electron chi connectivity index (χ3n) is 1.71. The molecule has 2 N–H and O–H groups in total. The Kier molecular flexibility index (Phi) is 0.843. The average molecular weight is 142 g/mol. The predicted octanol–water partition coefficient (Wildman–Crippen LogP) is -1.41. The second-order valence-corrected chi connectivity index (χ2v) is 2.48. The molecule has 0 unspecified atom stereocenters. The van der Waals surface area contributed by atoms with Gasteiger partial charge in [0.1, 0.15) is 0 Å². The smallest absolute Gasteiger partial charge is 0.322 e. The first-order valence-electron chi connectivity index (χ1n) is 2.94. The molecule has 0 saturated carbocycles. The summed E-state index contributed by atoms with van der Waals surface area (Å²) in [5.74, 6) is -0.274. The highest BCUT2D eigenvalue weighted by Crippen LogP contribution is 2.19. The molecule has 1 spiro atoms. The minimum Gasteiger partial charge on any atom is -0.375 e. The van der Waals surface area contributed by atoms with Gasteiger partial charge in [0.2, 0.25) is 0 Å². The van der Waals surface area contributed by atoms with Crippen molar-refractivity contribution in [1.82, 2.24) is 10.6 Å². The van der Waals surface area contributed by atoms with Crippen molar-refractivity contribution in [2.45, 2.75) is 5.54 Å². The van der Waals surface area contributed by atoms with E-state index < -0.39 is 11.6 Å². The minimum absolute atomic E-state index is 0.274. The van der Waals surface area contributed by atoms with Gasteiger partial charge in [-0.1, -0.05) is 0 Å². The Morgan fingerprint density at radius 2 is 2.10 bits per heavy atom. The summed E-state index contributed by atoms with van der Waals surface area (Å²) >= 11 is 0. The van der Waals surface area contributed by atoms with E-state index in [2.05, 4.69) is 10.6 Å². The van der Waals surface area contributed by atoms with Gasteiger partial charge in [0, 0.05) is 0 Å². The summed E-state index contributed by atoms with van der Waals surface area (Å²) in [5, 5.41) is 4.63. The molecule has 0 aromatic heterocycles. The Bertz CT molecular complexity index is 209. The number of ether oxygens (including phenoxy) is 1. The molecule has 0 aliphatic carbocycles. The fourth-order valence-electron chi connectivity index (χ4n) is 1.04. The fraction of sp³-hybridized carbons (Fsp3) is 0.600. The number of urea groups is 1. The van der Waals surface area contributed by atoms with E-state index in [9.17, 15) is 9.59 Å². The second-order valence-electron chi connectivity index (χ2n) is 2.48. The Labute approximate surface area is 56.7 Å². The SMILES string of the molecule is O=C1NC(=O)C2(COC2)N1. The topological polar surface area (TPSA) is 67.4 Å². The number of imide groups is 1. The summed E-state index contributed by atoms with van der Waals surface area (Å²) in [5.41, 5.74) is -0.725. The molecule has 0 bridgehead atoms.